The van der Waals surface area contributed by atoms with Crippen LogP contribution in [0, 0.1) is 0 Å². The summed E-state index contributed by atoms with van der Waals surface area (Å²) in [6.45, 7) is 9.56. The summed E-state index contributed by atoms with van der Waals surface area (Å²) in [5, 5.41) is 0. The Hall–Kier alpha value is -1.31. The van der Waals surface area contributed by atoms with E-state index in [2.05, 4.69) is 6.58 Å². The lowest BCUT2D eigenvalue weighted by molar-refractivity contribution is -0.138. The number of rotatable bonds is 4. The zero-order chi connectivity index (χ0) is 10.3. The van der Waals surface area contributed by atoms with Gasteiger partial charge in [-0.3, -0.25) is 0 Å². The maximum atomic E-state index is 11.2. The van der Waals surface area contributed by atoms with Crippen LogP contribution in [0.2, 0.25) is 0 Å². The van der Waals surface area contributed by atoms with E-state index in [0.29, 0.717) is 12.2 Å². The van der Waals surface area contributed by atoms with E-state index >= 15 is 0 Å². The van der Waals surface area contributed by atoms with Crippen LogP contribution in [-0.2, 0) is 9.53 Å². The summed E-state index contributed by atoms with van der Waals surface area (Å²) in [7, 11) is 0. The van der Waals surface area contributed by atoms with Crippen LogP contribution in [-0.4, -0.2) is 12.6 Å². The van der Waals surface area contributed by atoms with E-state index in [-0.39, 0.29) is 5.97 Å². The first-order chi connectivity index (χ1) is 6.11. The van der Waals surface area contributed by atoms with Gasteiger partial charge in [0.15, 0.2) is 0 Å². The number of carbonyl (C=O) groups excluding carboxylic acids is 1. The number of carbonyl (C=O) groups is 1. The molecule has 0 unspecified atom stereocenters. The molecule has 13 heavy (non-hydrogen) atoms. The molecule has 72 valence electrons. The van der Waals surface area contributed by atoms with Gasteiger partial charge in [-0.1, -0.05) is 24.3 Å². The molecule has 0 saturated carbocycles. The molecule has 0 saturated heterocycles. The second-order valence-corrected chi connectivity index (χ2v) is 2.64. The molecule has 0 aromatic carbocycles. The van der Waals surface area contributed by atoms with Crippen molar-refractivity contribution in [1.82, 2.24) is 0 Å². The minimum atomic E-state index is -0.289. The fourth-order valence-electron chi connectivity index (χ4n) is 0.729. The Balaban J connectivity index is 4.37. The second kappa shape index (κ2) is 6.23. The molecule has 0 aromatic rings. The highest BCUT2D eigenvalue weighted by atomic mass is 16.5. The molecular formula is C11H16O2. The standard InChI is InChI=1S/C11H16O2/c1-5-10(8-7-9(3)4)11(12)13-6-2/h5,7-8H,3,6H2,1-2,4H3. The molecule has 2 heteroatoms. The first kappa shape index (κ1) is 11.7. The lowest BCUT2D eigenvalue weighted by Gasteiger charge is -2.00. The van der Waals surface area contributed by atoms with Gasteiger partial charge in [-0.15, -0.1) is 0 Å². The van der Waals surface area contributed by atoms with Crippen molar-refractivity contribution in [1.29, 1.82) is 0 Å². The van der Waals surface area contributed by atoms with Crippen LogP contribution in [0.4, 0.5) is 0 Å². The summed E-state index contributed by atoms with van der Waals surface area (Å²) in [6.07, 6.45) is 5.21. The van der Waals surface area contributed by atoms with Gasteiger partial charge in [-0.25, -0.2) is 4.79 Å². The monoisotopic (exact) mass is 180 g/mol. The fourth-order valence-corrected chi connectivity index (χ4v) is 0.729. The highest BCUT2D eigenvalue weighted by Gasteiger charge is 2.04. The Morgan fingerprint density at radius 1 is 1.46 bits per heavy atom. The van der Waals surface area contributed by atoms with Gasteiger partial charge >= 0.3 is 5.97 Å². The van der Waals surface area contributed by atoms with Crippen LogP contribution < -0.4 is 0 Å². The van der Waals surface area contributed by atoms with E-state index in [0.717, 1.165) is 5.57 Å². The van der Waals surface area contributed by atoms with Crippen LogP contribution >= 0.6 is 0 Å². The normalized spacial score (nSPS) is 11.8. The van der Waals surface area contributed by atoms with Crippen molar-refractivity contribution in [3.63, 3.8) is 0 Å². The van der Waals surface area contributed by atoms with Crippen LogP contribution in [0.1, 0.15) is 20.8 Å². The van der Waals surface area contributed by atoms with Crippen LogP contribution in [0.5, 0.6) is 0 Å². The van der Waals surface area contributed by atoms with Gasteiger partial charge in [0.25, 0.3) is 0 Å². The summed E-state index contributed by atoms with van der Waals surface area (Å²) >= 11 is 0. The summed E-state index contributed by atoms with van der Waals surface area (Å²) in [6, 6.07) is 0. The second-order valence-electron chi connectivity index (χ2n) is 2.64. The van der Waals surface area contributed by atoms with Crippen LogP contribution in [0.25, 0.3) is 0 Å². The molecular weight excluding hydrogens is 164 g/mol. The van der Waals surface area contributed by atoms with Crippen molar-refractivity contribution >= 4 is 5.97 Å². The third kappa shape index (κ3) is 5.01. The Kier molecular flexibility index (Phi) is 5.60. The van der Waals surface area contributed by atoms with E-state index in [1.807, 2.05) is 6.92 Å². The van der Waals surface area contributed by atoms with Gasteiger partial charge in [-0.2, -0.15) is 0 Å². The molecule has 0 aromatic heterocycles. The summed E-state index contributed by atoms with van der Waals surface area (Å²) in [5.74, 6) is -0.289. The first-order valence-corrected chi connectivity index (χ1v) is 4.28. The van der Waals surface area contributed by atoms with E-state index < -0.39 is 0 Å². The summed E-state index contributed by atoms with van der Waals surface area (Å²) < 4.78 is 4.84. The highest BCUT2D eigenvalue weighted by molar-refractivity contribution is 5.91. The van der Waals surface area contributed by atoms with Gasteiger partial charge in [0, 0.05) is 0 Å². The average molecular weight is 180 g/mol. The Morgan fingerprint density at radius 2 is 2.08 bits per heavy atom. The molecule has 0 amide bonds. The third-order valence-electron chi connectivity index (χ3n) is 1.37. The quantitative estimate of drug-likeness (QED) is 0.377. The van der Waals surface area contributed by atoms with Crippen molar-refractivity contribution in [3.05, 3.63) is 36.0 Å². The zero-order valence-electron chi connectivity index (χ0n) is 8.46. The Labute approximate surface area is 79.6 Å². The Bertz CT molecular complexity index is 247. The first-order valence-electron chi connectivity index (χ1n) is 4.28. The van der Waals surface area contributed by atoms with Crippen LogP contribution in [0.3, 0.4) is 0 Å². The SMILES string of the molecule is C=C(C)C=CC(=CC)C(=O)OCC. The minimum Gasteiger partial charge on any atom is -0.462 e. The van der Waals surface area contributed by atoms with Crippen molar-refractivity contribution in [2.24, 2.45) is 0 Å². The molecule has 0 spiro atoms. The molecule has 0 aliphatic carbocycles. The van der Waals surface area contributed by atoms with Gasteiger partial charge in [-0.05, 0) is 26.8 Å². The number of hydrogen-bond donors (Lipinski definition) is 0. The van der Waals surface area contributed by atoms with E-state index in [1.165, 1.54) is 0 Å². The molecule has 0 bridgehead atoms. The van der Waals surface area contributed by atoms with Gasteiger partial charge < -0.3 is 4.74 Å². The lowest BCUT2D eigenvalue weighted by Crippen LogP contribution is -2.05. The number of esters is 1. The minimum absolute atomic E-state index is 0.289. The maximum Gasteiger partial charge on any atom is 0.337 e. The smallest absolute Gasteiger partial charge is 0.337 e. The molecule has 0 aliphatic heterocycles. The van der Waals surface area contributed by atoms with E-state index in [1.54, 1.807) is 32.1 Å². The fraction of sp³-hybridized carbons (Fsp3) is 0.364. The summed E-state index contributed by atoms with van der Waals surface area (Å²) in [4.78, 5) is 11.2. The molecule has 0 aliphatic rings. The van der Waals surface area contributed by atoms with Gasteiger partial charge in [0.2, 0.25) is 0 Å². The number of hydrogen-bond acceptors (Lipinski definition) is 2. The molecule has 0 atom stereocenters. The average Bonchev–Trinajstić information content (AvgIpc) is 2.05. The van der Waals surface area contributed by atoms with Crippen molar-refractivity contribution in [2.45, 2.75) is 20.8 Å². The molecule has 0 N–H and O–H groups in total. The number of ether oxygens (including phenoxy) is 1. The van der Waals surface area contributed by atoms with Gasteiger partial charge in [0.05, 0.1) is 12.2 Å². The van der Waals surface area contributed by atoms with Crippen LogP contribution in [0.15, 0.2) is 36.0 Å². The van der Waals surface area contributed by atoms with E-state index in [9.17, 15) is 4.79 Å². The van der Waals surface area contributed by atoms with Crippen molar-refractivity contribution < 1.29 is 9.53 Å². The molecule has 2 nitrogen and oxygen atoms in total. The van der Waals surface area contributed by atoms with E-state index in [4.69, 9.17) is 4.74 Å². The molecule has 0 heterocycles. The lowest BCUT2D eigenvalue weighted by atomic mass is 10.2. The maximum absolute atomic E-state index is 11.2. The zero-order valence-corrected chi connectivity index (χ0v) is 8.46. The topological polar surface area (TPSA) is 26.3 Å². The van der Waals surface area contributed by atoms with Crippen molar-refractivity contribution in [2.75, 3.05) is 6.61 Å². The summed E-state index contributed by atoms with van der Waals surface area (Å²) in [5.41, 5.74) is 1.47. The molecule has 0 fully saturated rings. The number of allylic oxidation sites excluding steroid dienone is 3. The molecule has 0 radical (unpaired) electrons. The Morgan fingerprint density at radius 3 is 2.46 bits per heavy atom. The highest BCUT2D eigenvalue weighted by Crippen LogP contribution is 2.02. The van der Waals surface area contributed by atoms with Crippen molar-refractivity contribution in [3.8, 4) is 0 Å². The van der Waals surface area contributed by atoms with Gasteiger partial charge in [0.1, 0.15) is 0 Å². The molecule has 0 rings (SSSR count). The third-order valence-corrected chi connectivity index (χ3v) is 1.37. The predicted molar refractivity (Wildman–Crippen MR) is 54.3 cm³/mol. The predicted octanol–water partition coefficient (Wildman–Crippen LogP) is 2.63. The largest absolute Gasteiger partial charge is 0.462 e.